The smallest absolute Gasteiger partial charge is 0.262 e. The average molecular weight is 453 g/mol. The molecule has 8 nitrogen and oxygen atoms in total. The topological polar surface area (TPSA) is 99.0 Å². The molecule has 4 aromatic rings. The van der Waals surface area contributed by atoms with Crippen LogP contribution in [0.5, 0.6) is 11.6 Å². The van der Waals surface area contributed by atoms with Gasteiger partial charge in [-0.25, -0.2) is 17.8 Å². The molecular weight excluding hydrogens is 433 g/mol. The number of halogens is 1. The molecule has 0 atom stereocenters. The lowest BCUT2D eigenvalue weighted by Gasteiger charge is -2.11. The maximum absolute atomic E-state index is 13.3. The number of aromatic nitrogens is 4. The number of sulfonamides is 1. The predicted octanol–water partition coefficient (Wildman–Crippen LogP) is 4.32. The summed E-state index contributed by atoms with van der Waals surface area (Å²) in [6.45, 7) is 5.40. The summed E-state index contributed by atoms with van der Waals surface area (Å²) in [5.41, 5.74) is 2.55. The first-order chi connectivity index (χ1) is 15.2. The molecule has 4 rings (SSSR count). The molecule has 0 saturated carbocycles. The number of hydrogen-bond acceptors (Lipinski definition) is 6. The van der Waals surface area contributed by atoms with Gasteiger partial charge in [0.1, 0.15) is 17.9 Å². The molecule has 1 N–H and O–H groups in total. The summed E-state index contributed by atoms with van der Waals surface area (Å²) in [4.78, 5) is 4.25. The summed E-state index contributed by atoms with van der Waals surface area (Å²) in [5, 5.41) is 8.24. The zero-order valence-electron chi connectivity index (χ0n) is 17.6. The van der Waals surface area contributed by atoms with Crippen LogP contribution >= 0.6 is 0 Å². The molecule has 0 aliphatic rings. The van der Waals surface area contributed by atoms with E-state index in [2.05, 4.69) is 19.9 Å². The number of benzene rings is 2. The SMILES string of the molecule is Cc1cc(F)ccc1S(=O)(=O)Nc1ccc(Oc2ccc(-n3cnc(C)c3C)nn2)cc1. The van der Waals surface area contributed by atoms with Crippen molar-refractivity contribution in [1.29, 1.82) is 0 Å². The third kappa shape index (κ3) is 4.45. The van der Waals surface area contributed by atoms with Crippen LogP contribution in [0.1, 0.15) is 17.0 Å². The van der Waals surface area contributed by atoms with Gasteiger partial charge in [-0.05, 0) is 74.9 Å². The van der Waals surface area contributed by atoms with Gasteiger partial charge < -0.3 is 4.74 Å². The molecule has 0 spiro atoms. The third-order valence-corrected chi connectivity index (χ3v) is 6.42. The zero-order valence-corrected chi connectivity index (χ0v) is 18.4. The van der Waals surface area contributed by atoms with E-state index < -0.39 is 15.8 Å². The molecule has 0 radical (unpaired) electrons. The Balaban J connectivity index is 1.45. The Labute approximate surface area is 184 Å². The van der Waals surface area contributed by atoms with Crippen LogP contribution in [0.2, 0.25) is 0 Å². The summed E-state index contributed by atoms with van der Waals surface area (Å²) in [7, 11) is -3.85. The van der Waals surface area contributed by atoms with Gasteiger partial charge in [0.05, 0.1) is 10.6 Å². The Morgan fingerprint density at radius 3 is 2.31 bits per heavy atom. The van der Waals surface area contributed by atoms with Gasteiger partial charge in [0.2, 0.25) is 5.88 Å². The van der Waals surface area contributed by atoms with Gasteiger partial charge in [0, 0.05) is 17.4 Å². The van der Waals surface area contributed by atoms with Gasteiger partial charge in [-0.1, -0.05) is 0 Å². The van der Waals surface area contributed by atoms with Gasteiger partial charge in [-0.2, -0.15) is 0 Å². The molecule has 0 aliphatic heterocycles. The van der Waals surface area contributed by atoms with Crippen molar-refractivity contribution in [2.24, 2.45) is 0 Å². The maximum atomic E-state index is 13.3. The van der Waals surface area contributed by atoms with E-state index in [1.165, 1.54) is 19.1 Å². The molecule has 2 heterocycles. The van der Waals surface area contributed by atoms with E-state index in [1.54, 1.807) is 42.7 Å². The van der Waals surface area contributed by atoms with Crippen LogP contribution in [-0.4, -0.2) is 28.2 Å². The van der Waals surface area contributed by atoms with Gasteiger partial charge >= 0.3 is 0 Å². The summed E-state index contributed by atoms with van der Waals surface area (Å²) in [5.74, 6) is 0.881. The number of ether oxygens (including phenoxy) is 1. The van der Waals surface area contributed by atoms with Gasteiger partial charge in [-0.3, -0.25) is 9.29 Å². The molecule has 0 amide bonds. The lowest BCUT2D eigenvalue weighted by molar-refractivity contribution is 0.454. The standard InChI is InChI=1S/C22H20FN5O3S/c1-14-12-17(23)4-9-20(14)32(29,30)27-18-5-7-19(8-6-18)31-22-11-10-21(25-26-22)28-13-24-15(2)16(28)3/h4-13,27H,1-3H3. The number of rotatable bonds is 6. The summed E-state index contributed by atoms with van der Waals surface area (Å²) < 4.78 is 48.5. The minimum Gasteiger partial charge on any atom is -0.438 e. The fourth-order valence-corrected chi connectivity index (χ4v) is 4.35. The molecule has 0 saturated heterocycles. The molecule has 0 aliphatic carbocycles. The second-order valence-corrected chi connectivity index (χ2v) is 8.81. The molecule has 32 heavy (non-hydrogen) atoms. The van der Waals surface area contributed by atoms with Crippen LogP contribution in [-0.2, 0) is 10.0 Å². The number of nitrogens with zero attached hydrogens (tertiary/aromatic N) is 4. The lowest BCUT2D eigenvalue weighted by Crippen LogP contribution is -2.14. The fourth-order valence-electron chi connectivity index (χ4n) is 3.06. The first-order valence-corrected chi connectivity index (χ1v) is 11.1. The van der Waals surface area contributed by atoms with Crippen LogP contribution < -0.4 is 9.46 Å². The van der Waals surface area contributed by atoms with E-state index in [9.17, 15) is 12.8 Å². The molecule has 2 aromatic carbocycles. The highest BCUT2D eigenvalue weighted by molar-refractivity contribution is 7.92. The first-order valence-electron chi connectivity index (χ1n) is 9.64. The largest absolute Gasteiger partial charge is 0.438 e. The Hall–Kier alpha value is -3.79. The Bertz CT molecular complexity index is 1370. The Kier molecular flexibility index (Phi) is 5.62. The highest BCUT2D eigenvalue weighted by Crippen LogP contribution is 2.24. The van der Waals surface area contributed by atoms with Crippen LogP contribution in [0.3, 0.4) is 0 Å². The van der Waals surface area contributed by atoms with Crippen molar-refractivity contribution in [3.63, 3.8) is 0 Å². The Morgan fingerprint density at radius 2 is 1.72 bits per heavy atom. The van der Waals surface area contributed by atoms with E-state index in [0.717, 1.165) is 17.5 Å². The lowest BCUT2D eigenvalue weighted by atomic mass is 10.2. The van der Waals surface area contributed by atoms with Crippen molar-refractivity contribution < 1.29 is 17.5 Å². The third-order valence-electron chi connectivity index (χ3n) is 4.88. The molecular formula is C22H20FN5O3S. The highest BCUT2D eigenvalue weighted by Gasteiger charge is 2.17. The minimum atomic E-state index is -3.85. The van der Waals surface area contributed by atoms with E-state index in [4.69, 9.17) is 4.74 Å². The first kappa shape index (κ1) is 21.4. The molecule has 10 heteroatoms. The van der Waals surface area contributed by atoms with Crippen molar-refractivity contribution in [3.8, 4) is 17.4 Å². The maximum Gasteiger partial charge on any atom is 0.262 e. The van der Waals surface area contributed by atoms with Crippen molar-refractivity contribution in [2.45, 2.75) is 25.7 Å². The zero-order chi connectivity index (χ0) is 22.9. The normalized spacial score (nSPS) is 11.4. The molecule has 0 fully saturated rings. The van der Waals surface area contributed by atoms with Crippen molar-refractivity contribution >= 4 is 15.7 Å². The summed E-state index contributed by atoms with van der Waals surface area (Å²) in [6, 6.07) is 13.3. The monoisotopic (exact) mass is 453 g/mol. The van der Waals surface area contributed by atoms with E-state index in [-0.39, 0.29) is 4.90 Å². The average Bonchev–Trinajstić information content (AvgIpc) is 3.08. The number of imidazole rings is 1. The van der Waals surface area contributed by atoms with Crippen LogP contribution in [0.15, 0.2) is 65.8 Å². The van der Waals surface area contributed by atoms with E-state index in [1.807, 2.05) is 18.4 Å². The molecule has 2 aromatic heterocycles. The molecule has 0 unspecified atom stereocenters. The summed E-state index contributed by atoms with van der Waals surface area (Å²) >= 11 is 0. The Morgan fingerprint density at radius 1 is 0.969 bits per heavy atom. The second kappa shape index (κ2) is 8.39. The fraction of sp³-hybridized carbons (Fsp3) is 0.136. The minimum absolute atomic E-state index is 0.0120. The van der Waals surface area contributed by atoms with Crippen molar-refractivity contribution in [1.82, 2.24) is 19.7 Å². The summed E-state index contributed by atoms with van der Waals surface area (Å²) in [6.07, 6.45) is 1.68. The number of anilines is 1. The second-order valence-electron chi connectivity index (χ2n) is 7.16. The molecule has 164 valence electrons. The number of hydrogen-bond donors (Lipinski definition) is 1. The van der Waals surface area contributed by atoms with Crippen LogP contribution in [0.25, 0.3) is 5.82 Å². The van der Waals surface area contributed by atoms with Gasteiger partial charge in [0.25, 0.3) is 10.0 Å². The quantitative estimate of drug-likeness (QED) is 0.467. The highest BCUT2D eigenvalue weighted by atomic mass is 32.2. The van der Waals surface area contributed by atoms with E-state index >= 15 is 0 Å². The number of nitrogens with one attached hydrogen (secondary N) is 1. The van der Waals surface area contributed by atoms with Gasteiger partial charge in [-0.15, -0.1) is 10.2 Å². The van der Waals surface area contributed by atoms with Crippen LogP contribution in [0, 0.1) is 26.6 Å². The molecule has 0 bridgehead atoms. The van der Waals surface area contributed by atoms with Crippen molar-refractivity contribution in [3.05, 3.63) is 83.7 Å². The number of aryl methyl sites for hydroxylation is 2. The van der Waals surface area contributed by atoms with Crippen molar-refractivity contribution in [2.75, 3.05) is 4.72 Å². The van der Waals surface area contributed by atoms with Gasteiger partial charge in [0.15, 0.2) is 5.82 Å². The van der Waals surface area contributed by atoms with E-state index in [0.29, 0.717) is 28.7 Å². The predicted molar refractivity (Wildman–Crippen MR) is 117 cm³/mol. The van der Waals surface area contributed by atoms with Crippen LogP contribution in [0.4, 0.5) is 10.1 Å².